The summed E-state index contributed by atoms with van der Waals surface area (Å²) in [5.74, 6) is 0.465. The van der Waals surface area contributed by atoms with Crippen LogP contribution < -0.4 is 15.5 Å². The Morgan fingerprint density at radius 3 is 2.67 bits per heavy atom. The van der Waals surface area contributed by atoms with Crippen molar-refractivity contribution in [3.05, 3.63) is 54.0 Å². The lowest BCUT2D eigenvalue weighted by molar-refractivity contribution is -0.118. The lowest BCUT2D eigenvalue weighted by Gasteiger charge is -2.32. The highest BCUT2D eigenvalue weighted by Crippen LogP contribution is 2.15. The number of ether oxygens (including phenoxy) is 1. The molecule has 1 fully saturated rings. The maximum Gasteiger partial charge on any atom is 0.234 e. The number of anilines is 2. The predicted octanol–water partition coefficient (Wildman–Crippen LogP) is 2.43. The molecule has 0 saturated carbocycles. The number of benzene rings is 1. The van der Waals surface area contributed by atoms with E-state index in [9.17, 15) is 14.0 Å². The first-order valence-corrected chi connectivity index (χ1v) is 10.9. The number of hydrogen-bond acceptors (Lipinski definition) is 6. The summed E-state index contributed by atoms with van der Waals surface area (Å²) in [6, 6.07) is 9.44. The van der Waals surface area contributed by atoms with Gasteiger partial charge in [-0.05, 0) is 42.8 Å². The van der Waals surface area contributed by atoms with Gasteiger partial charge in [-0.2, -0.15) is 0 Å². The predicted molar refractivity (Wildman–Crippen MR) is 116 cm³/mol. The van der Waals surface area contributed by atoms with Crippen molar-refractivity contribution in [2.75, 3.05) is 41.4 Å². The van der Waals surface area contributed by atoms with Gasteiger partial charge in [0.05, 0.1) is 24.2 Å². The van der Waals surface area contributed by atoms with E-state index in [4.69, 9.17) is 4.74 Å². The number of amides is 2. The summed E-state index contributed by atoms with van der Waals surface area (Å²) in [4.78, 5) is 30.5. The number of pyridine rings is 1. The van der Waals surface area contributed by atoms with Gasteiger partial charge in [0.25, 0.3) is 0 Å². The van der Waals surface area contributed by atoms with Crippen molar-refractivity contribution in [3.8, 4) is 0 Å². The maximum atomic E-state index is 12.9. The van der Waals surface area contributed by atoms with Crippen LogP contribution in [0.2, 0.25) is 0 Å². The molecule has 0 bridgehead atoms. The first-order valence-electron chi connectivity index (χ1n) is 9.71. The summed E-state index contributed by atoms with van der Waals surface area (Å²) in [5, 5.41) is 5.49. The van der Waals surface area contributed by atoms with Gasteiger partial charge in [-0.1, -0.05) is 6.07 Å². The summed E-state index contributed by atoms with van der Waals surface area (Å²) in [6.45, 7) is 4.75. The number of hydrogen-bond donors (Lipinski definition) is 2. The normalized spacial score (nSPS) is 16.2. The summed E-state index contributed by atoms with van der Waals surface area (Å²) < 4.78 is 18.4. The van der Waals surface area contributed by atoms with Crippen LogP contribution in [0.15, 0.2) is 42.6 Å². The molecule has 1 saturated heterocycles. The molecule has 2 N–H and O–H groups in total. The van der Waals surface area contributed by atoms with Crippen molar-refractivity contribution in [3.63, 3.8) is 0 Å². The first-order chi connectivity index (χ1) is 14.5. The van der Waals surface area contributed by atoms with Crippen molar-refractivity contribution in [2.24, 2.45) is 0 Å². The minimum Gasteiger partial charge on any atom is -0.375 e. The molecule has 7 nitrogen and oxygen atoms in total. The molecular formula is C21H25FN4O3S. The highest BCUT2D eigenvalue weighted by atomic mass is 32.2. The van der Waals surface area contributed by atoms with Gasteiger partial charge in [0.2, 0.25) is 11.8 Å². The Balaban J connectivity index is 1.34. The van der Waals surface area contributed by atoms with E-state index in [2.05, 4.69) is 20.5 Å². The van der Waals surface area contributed by atoms with Crippen molar-refractivity contribution < 1.29 is 18.7 Å². The van der Waals surface area contributed by atoms with Crippen LogP contribution in [0.5, 0.6) is 0 Å². The fourth-order valence-electron chi connectivity index (χ4n) is 2.95. The SMILES string of the molecule is CC1CN(c2ccc(CNC(=O)CSCC(=O)Nc3ccc(F)cc3)cn2)CCO1. The molecule has 0 radical (unpaired) electrons. The number of morpholine rings is 1. The summed E-state index contributed by atoms with van der Waals surface area (Å²) >= 11 is 1.22. The number of nitrogens with one attached hydrogen (secondary N) is 2. The van der Waals surface area contributed by atoms with E-state index in [1.54, 1.807) is 6.20 Å². The van der Waals surface area contributed by atoms with Gasteiger partial charge in [0.15, 0.2) is 0 Å². The zero-order chi connectivity index (χ0) is 21.3. The molecule has 1 atom stereocenters. The molecule has 1 aromatic heterocycles. The molecule has 1 aliphatic rings. The third kappa shape index (κ3) is 7.00. The van der Waals surface area contributed by atoms with Gasteiger partial charge in [-0.15, -0.1) is 11.8 Å². The fourth-order valence-corrected chi connectivity index (χ4v) is 3.60. The Morgan fingerprint density at radius 2 is 1.97 bits per heavy atom. The number of thioether (sulfide) groups is 1. The first kappa shape index (κ1) is 22.0. The molecule has 3 rings (SSSR count). The molecule has 2 aromatic rings. The number of halogens is 1. The number of rotatable bonds is 8. The average molecular weight is 433 g/mol. The van der Waals surface area contributed by atoms with Crippen molar-refractivity contribution in [1.29, 1.82) is 0 Å². The summed E-state index contributed by atoms with van der Waals surface area (Å²) in [5.41, 5.74) is 1.43. The van der Waals surface area contributed by atoms with Gasteiger partial charge in [-0.25, -0.2) is 9.37 Å². The van der Waals surface area contributed by atoms with Crippen LogP contribution in [-0.4, -0.2) is 54.1 Å². The highest BCUT2D eigenvalue weighted by molar-refractivity contribution is 8.00. The molecule has 0 spiro atoms. The van der Waals surface area contributed by atoms with Crippen LogP contribution in [0.25, 0.3) is 0 Å². The minimum atomic E-state index is -0.362. The molecular weight excluding hydrogens is 407 g/mol. The number of aromatic nitrogens is 1. The summed E-state index contributed by atoms with van der Waals surface area (Å²) in [7, 11) is 0. The number of nitrogens with zero attached hydrogens (tertiary/aromatic N) is 2. The minimum absolute atomic E-state index is 0.138. The quantitative estimate of drug-likeness (QED) is 0.667. The summed E-state index contributed by atoms with van der Waals surface area (Å²) in [6.07, 6.45) is 1.95. The van der Waals surface area contributed by atoms with Crippen LogP contribution in [-0.2, 0) is 20.9 Å². The van der Waals surface area contributed by atoms with E-state index in [-0.39, 0.29) is 35.2 Å². The second-order valence-electron chi connectivity index (χ2n) is 6.98. The van der Waals surface area contributed by atoms with E-state index < -0.39 is 0 Å². The lowest BCUT2D eigenvalue weighted by Crippen LogP contribution is -2.41. The maximum absolute atomic E-state index is 12.9. The zero-order valence-electron chi connectivity index (χ0n) is 16.8. The largest absolute Gasteiger partial charge is 0.375 e. The smallest absolute Gasteiger partial charge is 0.234 e. The molecule has 9 heteroatoms. The van der Waals surface area contributed by atoms with Gasteiger partial charge in [0.1, 0.15) is 11.6 Å². The van der Waals surface area contributed by atoms with Gasteiger partial charge < -0.3 is 20.3 Å². The third-order valence-corrected chi connectivity index (χ3v) is 5.39. The fraction of sp³-hybridized carbons (Fsp3) is 0.381. The van der Waals surface area contributed by atoms with Crippen molar-refractivity contribution in [1.82, 2.24) is 10.3 Å². The standard InChI is InChI=1S/C21H25FN4O3S/c1-15-12-26(8-9-29-15)19-7-2-16(10-23-19)11-24-20(27)13-30-14-21(28)25-18-5-3-17(22)4-6-18/h2-7,10,15H,8-9,11-14H2,1H3,(H,24,27)(H,25,28). The van der Waals surface area contributed by atoms with E-state index >= 15 is 0 Å². The molecule has 1 unspecified atom stereocenters. The Bertz CT molecular complexity index is 848. The Labute approximate surface area is 179 Å². The number of carbonyl (C=O) groups excluding carboxylic acids is 2. The second-order valence-corrected chi connectivity index (χ2v) is 7.96. The highest BCUT2D eigenvalue weighted by Gasteiger charge is 2.17. The molecule has 1 aromatic carbocycles. The Hall–Kier alpha value is -2.65. The topological polar surface area (TPSA) is 83.6 Å². The monoisotopic (exact) mass is 432 g/mol. The molecule has 2 heterocycles. The van der Waals surface area contributed by atoms with E-state index in [0.717, 1.165) is 24.5 Å². The van der Waals surface area contributed by atoms with Gasteiger partial charge in [0, 0.05) is 31.5 Å². The molecule has 1 aliphatic heterocycles. The molecule has 0 aliphatic carbocycles. The Morgan fingerprint density at radius 1 is 1.20 bits per heavy atom. The molecule has 2 amide bonds. The van der Waals surface area contributed by atoms with E-state index in [1.165, 1.54) is 36.0 Å². The van der Waals surface area contributed by atoms with E-state index in [0.29, 0.717) is 18.8 Å². The molecule has 30 heavy (non-hydrogen) atoms. The van der Waals surface area contributed by atoms with Crippen LogP contribution >= 0.6 is 11.8 Å². The average Bonchev–Trinajstić information content (AvgIpc) is 2.74. The van der Waals surface area contributed by atoms with Crippen molar-refractivity contribution in [2.45, 2.75) is 19.6 Å². The zero-order valence-corrected chi connectivity index (χ0v) is 17.6. The lowest BCUT2D eigenvalue weighted by atomic mass is 10.2. The second kappa shape index (κ2) is 10.9. The van der Waals surface area contributed by atoms with Crippen LogP contribution in [0.1, 0.15) is 12.5 Å². The van der Waals surface area contributed by atoms with Crippen LogP contribution in [0, 0.1) is 5.82 Å². The van der Waals surface area contributed by atoms with Gasteiger partial charge in [-0.3, -0.25) is 9.59 Å². The molecule has 160 valence electrons. The third-order valence-electron chi connectivity index (χ3n) is 4.46. The van der Waals surface area contributed by atoms with E-state index in [1.807, 2.05) is 19.1 Å². The van der Waals surface area contributed by atoms with Crippen molar-refractivity contribution >= 4 is 35.1 Å². The van der Waals surface area contributed by atoms with Crippen LogP contribution in [0.4, 0.5) is 15.9 Å². The Kier molecular flexibility index (Phi) is 8.04. The van der Waals surface area contributed by atoms with Gasteiger partial charge >= 0.3 is 0 Å². The van der Waals surface area contributed by atoms with Crippen LogP contribution in [0.3, 0.4) is 0 Å². The number of carbonyl (C=O) groups is 2.